The Morgan fingerprint density at radius 2 is 2.15 bits per heavy atom. The summed E-state index contributed by atoms with van der Waals surface area (Å²) in [5.74, 6) is -2.52. The average Bonchev–Trinajstić information content (AvgIpc) is 3.10. The third-order valence-electron chi connectivity index (χ3n) is 4.46. The summed E-state index contributed by atoms with van der Waals surface area (Å²) < 4.78 is 0.00462. The summed E-state index contributed by atoms with van der Waals surface area (Å²) in [6, 6.07) is 3.21. The highest BCUT2D eigenvalue weighted by Gasteiger charge is 2.73. The minimum atomic E-state index is -1.81. The molecule has 11 heteroatoms. The fourth-order valence-electron chi connectivity index (χ4n) is 3.20. The molecule has 2 aliphatic heterocycles. The van der Waals surface area contributed by atoms with Crippen LogP contribution in [0.5, 0.6) is 0 Å². The van der Waals surface area contributed by atoms with Crippen molar-refractivity contribution >= 4 is 56.8 Å². The van der Waals surface area contributed by atoms with Crippen molar-refractivity contribution in [3.8, 4) is 6.07 Å². The number of carboxylic acid groups (broad SMARTS) is 1. The number of carbonyl (C=O) groups is 3. The number of rotatable bonds is 4. The number of nitrogens with one attached hydrogen (secondary N) is 1. The molecule has 0 saturated carbocycles. The summed E-state index contributed by atoms with van der Waals surface area (Å²) in [6.45, 7) is 3.39. The van der Waals surface area contributed by atoms with Gasteiger partial charge in [0.15, 0.2) is 0 Å². The van der Waals surface area contributed by atoms with Crippen molar-refractivity contribution in [2.45, 2.75) is 41.6 Å². The van der Waals surface area contributed by atoms with E-state index in [0.717, 1.165) is 8.69 Å². The Labute approximate surface area is 165 Å². The van der Waals surface area contributed by atoms with E-state index in [4.69, 9.17) is 5.73 Å². The largest absolute Gasteiger partial charge is 0.480 e. The molecule has 8 nitrogen and oxygen atoms in total. The van der Waals surface area contributed by atoms with Crippen LogP contribution >= 0.6 is 39.0 Å². The zero-order valence-corrected chi connectivity index (χ0v) is 16.9. The first-order valence-electron chi connectivity index (χ1n) is 7.52. The molecule has 3 rings (SSSR count). The molecule has 2 fully saturated rings. The minimum absolute atomic E-state index is 0.578. The van der Waals surface area contributed by atoms with Gasteiger partial charge in [0.2, 0.25) is 11.4 Å². The lowest BCUT2D eigenvalue weighted by atomic mass is 9.85. The summed E-state index contributed by atoms with van der Waals surface area (Å²) in [5.41, 5.74) is 4.14. The van der Waals surface area contributed by atoms with E-state index >= 15 is 0 Å². The lowest BCUT2D eigenvalue weighted by molar-refractivity contribution is -0.165. The third-order valence-corrected chi connectivity index (χ3v) is 7.80. The number of aliphatic carboxylic acids is 1. The number of halogens is 1. The Balaban J connectivity index is 1.85. The van der Waals surface area contributed by atoms with Crippen LogP contribution in [-0.4, -0.2) is 49.5 Å². The van der Waals surface area contributed by atoms with Crippen molar-refractivity contribution in [2.24, 2.45) is 5.73 Å². The summed E-state index contributed by atoms with van der Waals surface area (Å²) in [7, 11) is 0. The van der Waals surface area contributed by atoms with Gasteiger partial charge in [-0.25, -0.2) is 4.79 Å². The Hall–Kier alpha value is -1.61. The summed E-state index contributed by atoms with van der Waals surface area (Å²) in [6.07, 6.45) is 0. The standard InChI is InChI=1S/C15H15BrN4O4S2/c1-14(2)9(11(22)23)20-12(24)15(5-17,13(20)26-14)19-10(21)8(18)6-3-4-7(16)25-6/h3-4,8-9,13H,18H2,1-2H3,(H,19,21)(H,22,23)/t8?,9-,13+,15?/m0/s1. The second-order valence-corrected chi connectivity index (χ2v) is 10.8. The fourth-order valence-corrected chi connectivity index (χ4v) is 6.27. The molecule has 4 N–H and O–H groups in total. The number of nitriles is 1. The van der Waals surface area contributed by atoms with Gasteiger partial charge in [-0.05, 0) is 41.9 Å². The van der Waals surface area contributed by atoms with E-state index in [2.05, 4.69) is 21.2 Å². The van der Waals surface area contributed by atoms with Crippen LogP contribution in [0.25, 0.3) is 0 Å². The highest BCUT2D eigenvalue weighted by molar-refractivity contribution is 9.11. The number of thioether (sulfide) groups is 1. The molecule has 1 aromatic heterocycles. The van der Waals surface area contributed by atoms with Gasteiger partial charge in [-0.15, -0.1) is 23.1 Å². The minimum Gasteiger partial charge on any atom is -0.480 e. The molecule has 2 saturated heterocycles. The zero-order valence-electron chi connectivity index (χ0n) is 13.7. The highest BCUT2D eigenvalue weighted by atomic mass is 79.9. The molecule has 0 radical (unpaired) electrons. The molecule has 2 unspecified atom stereocenters. The number of β-lactam (4-membered cyclic amide) rings is 1. The number of carboxylic acids is 1. The van der Waals surface area contributed by atoms with Crippen LogP contribution in [0.15, 0.2) is 15.9 Å². The van der Waals surface area contributed by atoms with Gasteiger partial charge in [0.05, 0.1) is 3.79 Å². The Morgan fingerprint density at radius 1 is 1.50 bits per heavy atom. The fraction of sp³-hybridized carbons (Fsp3) is 0.467. The summed E-state index contributed by atoms with van der Waals surface area (Å²) >= 11 is 5.75. The maximum absolute atomic E-state index is 12.7. The molecule has 26 heavy (non-hydrogen) atoms. The maximum Gasteiger partial charge on any atom is 0.327 e. The van der Waals surface area contributed by atoms with Gasteiger partial charge in [-0.2, -0.15) is 5.26 Å². The number of hydrogen-bond acceptors (Lipinski definition) is 7. The maximum atomic E-state index is 12.7. The molecule has 2 aliphatic rings. The lowest BCUT2D eigenvalue weighted by Gasteiger charge is -2.49. The van der Waals surface area contributed by atoms with Crippen molar-refractivity contribution in [2.75, 3.05) is 0 Å². The van der Waals surface area contributed by atoms with E-state index in [1.165, 1.54) is 23.1 Å². The second-order valence-electron chi connectivity index (χ2n) is 6.56. The van der Waals surface area contributed by atoms with Crippen LogP contribution in [0, 0.1) is 11.3 Å². The van der Waals surface area contributed by atoms with E-state index in [0.29, 0.717) is 4.88 Å². The Bertz CT molecular complexity index is 851. The van der Waals surface area contributed by atoms with E-state index < -0.39 is 45.5 Å². The first kappa shape index (κ1) is 19.2. The van der Waals surface area contributed by atoms with Crippen molar-refractivity contribution in [3.63, 3.8) is 0 Å². The van der Waals surface area contributed by atoms with Crippen LogP contribution in [0.3, 0.4) is 0 Å². The predicted molar refractivity (Wildman–Crippen MR) is 99.2 cm³/mol. The van der Waals surface area contributed by atoms with Crippen LogP contribution in [0.4, 0.5) is 0 Å². The highest BCUT2D eigenvalue weighted by Crippen LogP contribution is 2.54. The monoisotopic (exact) mass is 458 g/mol. The van der Waals surface area contributed by atoms with E-state index in [-0.39, 0.29) is 0 Å². The van der Waals surface area contributed by atoms with Crippen molar-refractivity contribution in [3.05, 3.63) is 20.8 Å². The number of thiophene rings is 1. The molecular weight excluding hydrogens is 444 g/mol. The molecule has 138 valence electrons. The average molecular weight is 459 g/mol. The first-order valence-corrected chi connectivity index (χ1v) is 10.0. The van der Waals surface area contributed by atoms with E-state index in [9.17, 15) is 24.8 Å². The van der Waals surface area contributed by atoms with Crippen LogP contribution < -0.4 is 11.1 Å². The van der Waals surface area contributed by atoms with Gasteiger partial charge >= 0.3 is 5.97 Å². The molecule has 3 heterocycles. The zero-order chi connectivity index (χ0) is 19.4. The molecule has 2 amide bonds. The van der Waals surface area contributed by atoms with Crippen molar-refractivity contribution in [1.29, 1.82) is 5.26 Å². The number of hydrogen-bond donors (Lipinski definition) is 3. The van der Waals surface area contributed by atoms with Gasteiger partial charge in [-0.3, -0.25) is 9.59 Å². The Morgan fingerprint density at radius 3 is 2.65 bits per heavy atom. The van der Waals surface area contributed by atoms with Crippen LogP contribution in [-0.2, 0) is 14.4 Å². The number of nitrogens with two attached hydrogens (primary N) is 1. The summed E-state index contributed by atoms with van der Waals surface area (Å²) in [5, 5.41) is 20.8. The number of amides is 2. The molecule has 4 atom stereocenters. The molecule has 0 spiro atoms. The predicted octanol–water partition coefficient (Wildman–Crippen LogP) is 1.04. The molecule has 0 aliphatic carbocycles. The van der Waals surface area contributed by atoms with Crippen LogP contribution in [0.1, 0.15) is 24.8 Å². The smallest absolute Gasteiger partial charge is 0.327 e. The molecule has 0 bridgehead atoms. The molecular formula is C15H15BrN4O4S2. The Kier molecular flexibility index (Phi) is 4.59. The van der Waals surface area contributed by atoms with Gasteiger partial charge in [0.1, 0.15) is 23.5 Å². The van der Waals surface area contributed by atoms with Gasteiger partial charge in [-0.1, -0.05) is 0 Å². The number of carbonyl (C=O) groups excluding carboxylic acids is 2. The van der Waals surface area contributed by atoms with Crippen molar-refractivity contribution in [1.82, 2.24) is 10.2 Å². The normalized spacial score (nSPS) is 30.1. The number of nitrogens with zero attached hydrogens (tertiary/aromatic N) is 2. The first-order chi connectivity index (χ1) is 12.0. The van der Waals surface area contributed by atoms with Crippen molar-refractivity contribution < 1.29 is 19.5 Å². The van der Waals surface area contributed by atoms with Gasteiger partial charge < -0.3 is 21.1 Å². The van der Waals surface area contributed by atoms with E-state index in [1.54, 1.807) is 26.0 Å². The molecule has 0 aromatic carbocycles. The lowest BCUT2D eigenvalue weighted by Crippen LogP contribution is -2.79. The van der Waals surface area contributed by atoms with Gasteiger partial charge in [0.25, 0.3) is 5.91 Å². The SMILES string of the molecule is CC1(C)S[C@H]2N(C(=O)C2(C#N)NC(=O)C(N)c2ccc(Br)s2)[C@H]1C(=O)O. The van der Waals surface area contributed by atoms with Gasteiger partial charge in [0, 0.05) is 9.62 Å². The summed E-state index contributed by atoms with van der Waals surface area (Å²) in [4.78, 5) is 38.5. The molecule has 1 aromatic rings. The van der Waals surface area contributed by atoms with E-state index in [1.807, 2.05) is 6.07 Å². The third kappa shape index (κ3) is 2.63. The van der Waals surface area contributed by atoms with Crippen LogP contribution in [0.2, 0.25) is 0 Å². The quantitative estimate of drug-likeness (QED) is 0.572. The second kappa shape index (κ2) is 6.23. The number of fused-ring (bicyclic) bond motifs is 1. The topological polar surface area (TPSA) is 137 Å².